The Kier molecular flexibility index (Phi) is 4.34. The highest BCUT2D eigenvalue weighted by Crippen LogP contribution is 2.39. The van der Waals surface area contributed by atoms with E-state index in [0.29, 0.717) is 0 Å². The van der Waals surface area contributed by atoms with Crippen LogP contribution in [0, 0.1) is 0 Å². The molecule has 1 aliphatic rings. The summed E-state index contributed by atoms with van der Waals surface area (Å²) in [5.74, 6) is 0.252. The van der Waals surface area contributed by atoms with Crippen molar-refractivity contribution in [2.24, 2.45) is 0 Å². The van der Waals surface area contributed by atoms with Crippen LogP contribution in [0.5, 0.6) is 0 Å². The minimum atomic E-state index is 0.252. The summed E-state index contributed by atoms with van der Waals surface area (Å²) in [6.07, 6.45) is 1.70. The minimum Gasteiger partial charge on any atom is -0.301 e. The Morgan fingerprint density at radius 1 is 0.929 bits per heavy atom. The number of fused-ring (bicyclic) bond motifs is 2. The van der Waals surface area contributed by atoms with Gasteiger partial charge in [-0.15, -0.1) is 0 Å². The molecule has 28 heavy (non-hydrogen) atoms. The number of halogens is 1. The minimum absolute atomic E-state index is 0.252. The van der Waals surface area contributed by atoms with Crippen molar-refractivity contribution in [3.05, 3.63) is 94.6 Å². The van der Waals surface area contributed by atoms with Gasteiger partial charge in [0.05, 0.1) is 5.69 Å². The number of hydrogen-bond donors (Lipinski definition) is 0. The molecule has 4 heteroatoms. The maximum Gasteiger partial charge on any atom is 0.0929 e. The van der Waals surface area contributed by atoms with E-state index in [4.69, 9.17) is 11.6 Å². The maximum absolute atomic E-state index is 6.74. The third-order valence-electron chi connectivity index (χ3n) is 5.56. The Bertz CT molecular complexity index is 1160. The lowest BCUT2D eigenvalue weighted by atomic mass is 9.83. The van der Waals surface area contributed by atoms with Gasteiger partial charge in [0.2, 0.25) is 0 Å². The van der Waals surface area contributed by atoms with Gasteiger partial charge in [-0.25, -0.2) is 0 Å². The molecule has 0 bridgehead atoms. The Hall–Kier alpha value is -2.75. The van der Waals surface area contributed by atoms with Crippen LogP contribution in [0.15, 0.2) is 72.9 Å². The van der Waals surface area contributed by atoms with Gasteiger partial charge in [0.1, 0.15) is 0 Å². The van der Waals surface area contributed by atoms with E-state index in [1.807, 2.05) is 12.1 Å². The second-order valence-electron chi connectivity index (χ2n) is 7.49. The topological polar surface area (TPSA) is 29.0 Å². The molecule has 0 amide bonds. The molecule has 0 fully saturated rings. The zero-order chi connectivity index (χ0) is 19.1. The zero-order valence-electron chi connectivity index (χ0n) is 15.6. The van der Waals surface area contributed by atoms with Crippen LogP contribution in [0.25, 0.3) is 22.0 Å². The van der Waals surface area contributed by atoms with Crippen LogP contribution in [0.3, 0.4) is 0 Å². The second kappa shape index (κ2) is 7.01. The molecule has 1 unspecified atom stereocenters. The number of benzene rings is 3. The van der Waals surface area contributed by atoms with Crippen molar-refractivity contribution in [1.82, 2.24) is 15.1 Å². The Morgan fingerprint density at radius 2 is 1.75 bits per heavy atom. The standard InChI is InChI=1S/C24H20ClN3/c1-28-14-19-11-18(24-7-4-10-26-27-24)8-9-20(19)22(15-28)21-12-16-5-2-3-6-17(16)13-23(21)25/h2-13,22H,14-15H2,1H3. The van der Waals surface area contributed by atoms with Crippen LogP contribution in [0.1, 0.15) is 22.6 Å². The van der Waals surface area contributed by atoms with Crippen molar-refractivity contribution in [2.45, 2.75) is 12.5 Å². The van der Waals surface area contributed by atoms with Crippen molar-refractivity contribution < 1.29 is 0 Å². The maximum atomic E-state index is 6.74. The summed E-state index contributed by atoms with van der Waals surface area (Å²) in [4.78, 5) is 2.36. The molecule has 5 rings (SSSR count). The third-order valence-corrected chi connectivity index (χ3v) is 5.89. The lowest BCUT2D eigenvalue weighted by molar-refractivity contribution is 0.295. The van der Waals surface area contributed by atoms with Gasteiger partial charge in [-0.2, -0.15) is 10.2 Å². The van der Waals surface area contributed by atoms with E-state index in [0.717, 1.165) is 29.4 Å². The second-order valence-corrected chi connectivity index (χ2v) is 7.90. The summed E-state index contributed by atoms with van der Waals surface area (Å²) in [5.41, 5.74) is 5.87. The molecule has 2 heterocycles. The van der Waals surface area contributed by atoms with Crippen LogP contribution < -0.4 is 0 Å². The molecule has 4 aromatic rings. The van der Waals surface area contributed by atoms with Gasteiger partial charge in [0.15, 0.2) is 0 Å². The lowest BCUT2D eigenvalue weighted by Gasteiger charge is -2.33. The lowest BCUT2D eigenvalue weighted by Crippen LogP contribution is -2.31. The van der Waals surface area contributed by atoms with E-state index in [9.17, 15) is 0 Å². The SMILES string of the molecule is CN1Cc2cc(-c3cccnn3)ccc2C(c2cc3ccccc3cc2Cl)C1. The summed E-state index contributed by atoms with van der Waals surface area (Å²) in [6.45, 7) is 1.88. The van der Waals surface area contributed by atoms with Crippen molar-refractivity contribution in [2.75, 3.05) is 13.6 Å². The molecule has 0 saturated heterocycles. The van der Waals surface area contributed by atoms with E-state index in [1.54, 1.807) is 6.20 Å². The number of likely N-dealkylation sites (N-methyl/N-ethyl adjacent to an activating group) is 1. The molecule has 138 valence electrons. The van der Waals surface area contributed by atoms with E-state index < -0.39 is 0 Å². The highest BCUT2D eigenvalue weighted by Gasteiger charge is 2.27. The first-order valence-corrected chi connectivity index (χ1v) is 9.84. The molecular weight excluding hydrogens is 366 g/mol. The Labute approximate surface area is 169 Å². The normalized spacial score (nSPS) is 16.9. The Morgan fingerprint density at radius 3 is 2.54 bits per heavy atom. The summed E-state index contributed by atoms with van der Waals surface area (Å²) in [7, 11) is 2.17. The molecule has 1 aromatic heterocycles. The first-order valence-electron chi connectivity index (χ1n) is 9.47. The van der Waals surface area contributed by atoms with Crippen LogP contribution in [0.4, 0.5) is 0 Å². The fourth-order valence-corrected chi connectivity index (χ4v) is 4.53. The van der Waals surface area contributed by atoms with E-state index in [1.165, 1.54) is 27.5 Å². The molecular formula is C24H20ClN3. The van der Waals surface area contributed by atoms with E-state index in [2.05, 4.69) is 76.7 Å². The van der Waals surface area contributed by atoms with Crippen molar-refractivity contribution in [3.8, 4) is 11.3 Å². The molecule has 1 atom stereocenters. The average molecular weight is 386 g/mol. The Balaban J connectivity index is 1.62. The van der Waals surface area contributed by atoms with E-state index in [-0.39, 0.29) is 5.92 Å². The van der Waals surface area contributed by atoms with Crippen molar-refractivity contribution in [1.29, 1.82) is 0 Å². The molecule has 0 aliphatic carbocycles. The van der Waals surface area contributed by atoms with Gasteiger partial charge in [-0.3, -0.25) is 0 Å². The van der Waals surface area contributed by atoms with Gasteiger partial charge in [0.25, 0.3) is 0 Å². The van der Waals surface area contributed by atoms with Gasteiger partial charge >= 0.3 is 0 Å². The van der Waals surface area contributed by atoms with Gasteiger partial charge in [0, 0.05) is 35.8 Å². The summed E-state index contributed by atoms with van der Waals surface area (Å²) in [5, 5.41) is 11.5. The third kappa shape index (κ3) is 3.07. The molecule has 0 saturated carbocycles. The van der Waals surface area contributed by atoms with Crippen LogP contribution >= 0.6 is 11.6 Å². The molecule has 1 aliphatic heterocycles. The first kappa shape index (κ1) is 17.4. The predicted molar refractivity (Wildman–Crippen MR) is 115 cm³/mol. The summed E-state index contributed by atoms with van der Waals surface area (Å²) >= 11 is 6.74. The zero-order valence-corrected chi connectivity index (χ0v) is 16.4. The van der Waals surface area contributed by atoms with Crippen LogP contribution in [-0.2, 0) is 6.54 Å². The fraction of sp³-hybridized carbons (Fsp3) is 0.167. The van der Waals surface area contributed by atoms with Crippen LogP contribution in [-0.4, -0.2) is 28.7 Å². The molecule has 0 N–H and O–H groups in total. The fourth-order valence-electron chi connectivity index (χ4n) is 4.23. The van der Waals surface area contributed by atoms with Gasteiger partial charge in [-0.1, -0.05) is 48.0 Å². The molecule has 0 spiro atoms. The quantitative estimate of drug-likeness (QED) is 0.454. The molecule has 0 radical (unpaired) electrons. The monoisotopic (exact) mass is 385 g/mol. The number of aromatic nitrogens is 2. The smallest absolute Gasteiger partial charge is 0.0929 e. The number of nitrogens with zero attached hydrogens (tertiary/aromatic N) is 3. The van der Waals surface area contributed by atoms with Crippen molar-refractivity contribution in [3.63, 3.8) is 0 Å². The molecule has 3 aromatic carbocycles. The van der Waals surface area contributed by atoms with E-state index >= 15 is 0 Å². The highest BCUT2D eigenvalue weighted by atomic mass is 35.5. The average Bonchev–Trinajstić information content (AvgIpc) is 2.73. The number of rotatable bonds is 2. The highest BCUT2D eigenvalue weighted by molar-refractivity contribution is 6.32. The largest absolute Gasteiger partial charge is 0.301 e. The van der Waals surface area contributed by atoms with Gasteiger partial charge < -0.3 is 4.90 Å². The summed E-state index contributed by atoms with van der Waals surface area (Å²) < 4.78 is 0. The van der Waals surface area contributed by atoms with Crippen LogP contribution in [0.2, 0.25) is 5.02 Å². The first-order chi connectivity index (χ1) is 13.7. The predicted octanol–water partition coefficient (Wildman–Crippen LogP) is 5.53. The summed E-state index contributed by atoms with van der Waals surface area (Å²) in [6, 6.07) is 23.3. The number of hydrogen-bond acceptors (Lipinski definition) is 3. The molecule has 3 nitrogen and oxygen atoms in total. The van der Waals surface area contributed by atoms with Gasteiger partial charge in [-0.05, 0) is 64.8 Å². The van der Waals surface area contributed by atoms with Crippen molar-refractivity contribution >= 4 is 22.4 Å².